The number of hydrogen-bond donors (Lipinski definition) is 2. The Bertz CT molecular complexity index is 739. The second-order valence-corrected chi connectivity index (χ2v) is 6.22. The number of anilines is 1. The van der Waals surface area contributed by atoms with E-state index in [2.05, 4.69) is 15.0 Å². The van der Waals surface area contributed by atoms with E-state index in [1.54, 1.807) is 6.92 Å². The number of aromatic nitrogens is 4. The van der Waals surface area contributed by atoms with Crippen LogP contribution < -0.4 is 5.73 Å². The van der Waals surface area contributed by atoms with Crippen LogP contribution in [0.15, 0.2) is 6.33 Å². The second-order valence-electron chi connectivity index (χ2n) is 4.84. The van der Waals surface area contributed by atoms with Crippen molar-refractivity contribution in [1.82, 2.24) is 19.5 Å². The van der Waals surface area contributed by atoms with Gasteiger partial charge < -0.3 is 15.6 Å². The molecule has 0 amide bonds. The number of carbonyl (C=O) groups excluding carboxylic acids is 1. The number of nitrogen functional groups attached to an aromatic ring is 1. The number of esters is 1. The molecule has 3 rings (SSSR count). The van der Waals surface area contributed by atoms with Crippen molar-refractivity contribution >= 4 is 46.4 Å². The zero-order chi connectivity index (χ0) is 15.9. The molecule has 2 aromatic rings. The van der Waals surface area contributed by atoms with E-state index in [1.807, 2.05) is 0 Å². The van der Waals surface area contributed by atoms with Gasteiger partial charge in [0.05, 0.1) is 19.0 Å². The van der Waals surface area contributed by atoms with Crippen molar-refractivity contribution in [3.8, 4) is 0 Å². The summed E-state index contributed by atoms with van der Waals surface area (Å²) in [6.45, 7) is 1.92. The maximum absolute atomic E-state index is 12.5. The van der Waals surface area contributed by atoms with Gasteiger partial charge in [0.25, 0.3) is 0 Å². The van der Waals surface area contributed by atoms with E-state index in [0.29, 0.717) is 22.7 Å². The molecule has 0 aromatic carbocycles. The van der Waals surface area contributed by atoms with Crippen molar-refractivity contribution < 1.29 is 14.6 Å². The first-order chi connectivity index (χ1) is 10.5. The minimum absolute atomic E-state index is 0.0293. The molecule has 0 saturated carbocycles. The Morgan fingerprint density at radius 2 is 2.45 bits per heavy atom. The van der Waals surface area contributed by atoms with Crippen LogP contribution in [0.25, 0.3) is 11.2 Å². The molecule has 10 heteroatoms. The molecule has 1 fully saturated rings. The van der Waals surface area contributed by atoms with E-state index in [-0.39, 0.29) is 17.7 Å². The lowest BCUT2D eigenvalue weighted by molar-refractivity contribution is -0.157. The molecule has 3 N–H and O–H groups in total. The van der Waals surface area contributed by atoms with Gasteiger partial charge >= 0.3 is 5.97 Å². The van der Waals surface area contributed by atoms with Crippen molar-refractivity contribution in [3.63, 3.8) is 0 Å². The Morgan fingerprint density at radius 1 is 1.68 bits per heavy atom. The summed E-state index contributed by atoms with van der Waals surface area (Å²) in [4.78, 5) is 24.6. The normalized spacial score (nSPS) is 24.8. The third-order valence-corrected chi connectivity index (χ3v) is 5.04. The highest BCUT2D eigenvalue weighted by molar-refractivity contribution is 7.99. The van der Waals surface area contributed by atoms with Crippen LogP contribution in [0.3, 0.4) is 0 Å². The Labute approximate surface area is 135 Å². The molecule has 0 aliphatic carbocycles. The minimum atomic E-state index is -1.29. The highest BCUT2D eigenvalue weighted by Crippen LogP contribution is 2.38. The minimum Gasteiger partial charge on any atom is -0.464 e. The van der Waals surface area contributed by atoms with Crippen molar-refractivity contribution in [2.45, 2.75) is 18.6 Å². The summed E-state index contributed by atoms with van der Waals surface area (Å²) in [6, 6.07) is 0. The van der Waals surface area contributed by atoms with Crippen LogP contribution in [0.5, 0.6) is 0 Å². The fourth-order valence-corrected chi connectivity index (χ4v) is 4.11. The summed E-state index contributed by atoms with van der Waals surface area (Å²) in [7, 11) is 0. The summed E-state index contributed by atoms with van der Waals surface area (Å²) in [5, 5.41) is 10.5. The Balaban J connectivity index is 2.23. The second kappa shape index (κ2) is 5.56. The first-order valence-electron chi connectivity index (χ1n) is 6.60. The van der Waals surface area contributed by atoms with Gasteiger partial charge in [-0.05, 0) is 6.92 Å². The van der Waals surface area contributed by atoms with Gasteiger partial charge in [-0.3, -0.25) is 4.57 Å². The summed E-state index contributed by atoms with van der Waals surface area (Å²) in [6.07, 6.45) is 0.486. The lowest BCUT2D eigenvalue weighted by Crippen LogP contribution is -2.51. The van der Waals surface area contributed by atoms with E-state index >= 15 is 0 Å². The van der Waals surface area contributed by atoms with E-state index in [9.17, 15) is 9.90 Å². The van der Waals surface area contributed by atoms with Crippen LogP contribution in [-0.2, 0) is 15.1 Å². The monoisotopic (exact) mass is 343 g/mol. The third kappa shape index (κ3) is 2.11. The topological polar surface area (TPSA) is 116 Å². The molecule has 3 heterocycles. The molecule has 22 heavy (non-hydrogen) atoms. The molecule has 2 aromatic heterocycles. The number of hydrogen-bond acceptors (Lipinski definition) is 8. The van der Waals surface area contributed by atoms with Gasteiger partial charge in [-0.1, -0.05) is 11.6 Å². The molecule has 0 spiro atoms. The van der Waals surface area contributed by atoms with E-state index in [0.717, 1.165) is 0 Å². The molecule has 1 saturated heterocycles. The molecule has 1 aliphatic heterocycles. The number of imidazole rings is 1. The largest absolute Gasteiger partial charge is 0.464 e. The number of thioether (sulfide) groups is 1. The number of fused-ring (bicyclic) bond motifs is 1. The van der Waals surface area contributed by atoms with E-state index < -0.39 is 17.6 Å². The maximum Gasteiger partial charge on any atom is 0.336 e. The molecular formula is C12H14ClN5O3S. The molecule has 2 atom stereocenters. The Kier molecular flexibility index (Phi) is 3.87. The summed E-state index contributed by atoms with van der Waals surface area (Å²) in [5.41, 5.74) is 4.96. The predicted octanol–water partition coefficient (Wildman–Crippen LogP) is 0.428. The van der Waals surface area contributed by atoms with Gasteiger partial charge in [0.1, 0.15) is 5.52 Å². The number of carbonyl (C=O) groups is 1. The number of nitrogens with two attached hydrogens (primary N) is 1. The first kappa shape index (κ1) is 15.3. The average molecular weight is 344 g/mol. The number of nitrogens with zero attached hydrogens (tertiary/aromatic N) is 4. The predicted molar refractivity (Wildman–Crippen MR) is 82.7 cm³/mol. The first-order valence-corrected chi connectivity index (χ1v) is 8.13. The highest BCUT2D eigenvalue weighted by Gasteiger charge is 2.53. The van der Waals surface area contributed by atoms with Crippen LogP contribution in [0.1, 0.15) is 6.92 Å². The number of rotatable bonds is 3. The fourth-order valence-electron chi connectivity index (χ4n) is 2.51. The lowest BCUT2D eigenvalue weighted by atomic mass is 9.95. The van der Waals surface area contributed by atoms with Gasteiger partial charge in [-0.25, -0.2) is 9.78 Å². The van der Waals surface area contributed by atoms with Gasteiger partial charge in [0.2, 0.25) is 5.95 Å². The summed E-state index contributed by atoms with van der Waals surface area (Å²) < 4.78 is 6.66. The van der Waals surface area contributed by atoms with Crippen LogP contribution >= 0.6 is 23.4 Å². The van der Waals surface area contributed by atoms with Crippen LogP contribution in [0.2, 0.25) is 5.15 Å². The van der Waals surface area contributed by atoms with Gasteiger partial charge in [0, 0.05) is 11.5 Å². The number of aliphatic hydroxyl groups is 1. The maximum atomic E-state index is 12.5. The van der Waals surface area contributed by atoms with Crippen molar-refractivity contribution in [1.29, 1.82) is 0 Å². The highest BCUT2D eigenvalue weighted by atomic mass is 35.5. The van der Waals surface area contributed by atoms with Crippen LogP contribution in [-0.4, -0.2) is 54.8 Å². The summed E-state index contributed by atoms with van der Waals surface area (Å²) >= 11 is 7.47. The molecule has 8 nitrogen and oxygen atoms in total. The number of halogens is 1. The van der Waals surface area contributed by atoms with Crippen LogP contribution in [0, 0.1) is 0 Å². The van der Waals surface area contributed by atoms with Gasteiger partial charge in [0.15, 0.2) is 16.3 Å². The van der Waals surface area contributed by atoms with Crippen molar-refractivity contribution in [3.05, 3.63) is 11.5 Å². The summed E-state index contributed by atoms with van der Waals surface area (Å²) in [5.74, 6) is 0.200. The SMILES string of the molecule is CCOC(=O)C1(n2cnc3c(Cl)nc(N)nc32)CSCC1O. The third-order valence-electron chi connectivity index (χ3n) is 3.58. The zero-order valence-corrected chi connectivity index (χ0v) is 13.3. The molecule has 0 radical (unpaired) electrons. The molecular weight excluding hydrogens is 330 g/mol. The van der Waals surface area contributed by atoms with Crippen molar-refractivity contribution in [2.75, 3.05) is 23.8 Å². The fraction of sp³-hybridized carbons (Fsp3) is 0.500. The average Bonchev–Trinajstić information content (AvgIpc) is 3.03. The molecule has 118 valence electrons. The van der Waals surface area contributed by atoms with E-state index in [4.69, 9.17) is 22.1 Å². The van der Waals surface area contributed by atoms with Crippen LogP contribution in [0.4, 0.5) is 5.95 Å². The molecule has 2 unspecified atom stereocenters. The number of ether oxygens (including phenoxy) is 1. The smallest absolute Gasteiger partial charge is 0.336 e. The quantitative estimate of drug-likeness (QED) is 0.608. The molecule has 0 bridgehead atoms. The zero-order valence-electron chi connectivity index (χ0n) is 11.7. The number of aliphatic hydroxyl groups excluding tert-OH is 1. The van der Waals surface area contributed by atoms with E-state index in [1.165, 1.54) is 22.7 Å². The van der Waals surface area contributed by atoms with Gasteiger partial charge in [-0.15, -0.1) is 0 Å². The Hall–Kier alpha value is -1.58. The standard InChI is InChI=1S/C12H14ClN5O3S/c1-2-21-10(20)12(4-22-3-6(12)19)18-5-15-7-8(13)16-11(14)17-9(7)18/h5-6,19H,2-4H2,1H3,(H2,14,16,17). The lowest BCUT2D eigenvalue weighted by Gasteiger charge is -2.30. The molecule has 1 aliphatic rings. The van der Waals surface area contributed by atoms with Crippen molar-refractivity contribution in [2.24, 2.45) is 0 Å². The van der Waals surface area contributed by atoms with Gasteiger partial charge in [-0.2, -0.15) is 21.7 Å². The Morgan fingerprint density at radius 3 is 3.09 bits per heavy atom.